The number of rotatable bonds is 11. The Balaban J connectivity index is 2.58. The van der Waals surface area contributed by atoms with Crippen molar-refractivity contribution >= 4 is 35.4 Å². The lowest BCUT2D eigenvalue weighted by molar-refractivity contribution is -0.140. The zero-order chi connectivity index (χ0) is 29.3. The van der Waals surface area contributed by atoms with E-state index in [9.17, 15) is 19.5 Å². The van der Waals surface area contributed by atoms with E-state index in [0.29, 0.717) is 35.4 Å². The smallest absolute Gasteiger partial charge is 0.408 e. The van der Waals surface area contributed by atoms with Gasteiger partial charge in [0.05, 0.1) is 0 Å². The van der Waals surface area contributed by atoms with Crippen molar-refractivity contribution in [2.45, 2.75) is 79.0 Å². The van der Waals surface area contributed by atoms with Crippen LogP contribution in [-0.2, 0) is 14.3 Å². The lowest BCUT2D eigenvalue weighted by Crippen LogP contribution is -2.52. The molecule has 0 aromatic heterocycles. The maximum Gasteiger partial charge on any atom is 0.408 e. The molecule has 2 aromatic carbocycles. The van der Waals surface area contributed by atoms with Gasteiger partial charge in [0.2, 0.25) is 5.91 Å². The number of benzene rings is 2. The van der Waals surface area contributed by atoms with Crippen molar-refractivity contribution in [3.05, 3.63) is 58.7 Å². The van der Waals surface area contributed by atoms with Crippen LogP contribution in [0.2, 0.25) is 0 Å². The third-order valence-corrected chi connectivity index (χ3v) is 6.84. The molecule has 0 radical (unpaired) electrons. The molecule has 0 saturated carbocycles. The largest absolute Gasteiger partial charge is 0.507 e. The Labute approximate surface area is 236 Å². The van der Waals surface area contributed by atoms with E-state index in [1.165, 1.54) is 4.90 Å². The maximum absolute atomic E-state index is 14.1. The van der Waals surface area contributed by atoms with Crippen LogP contribution in [0.25, 0.3) is 0 Å². The molecule has 3 N–H and O–H groups in total. The molecule has 0 heterocycles. The highest BCUT2D eigenvalue weighted by molar-refractivity contribution is 7.98. The van der Waals surface area contributed by atoms with E-state index >= 15 is 0 Å². The molecule has 3 amide bonds. The third-order valence-electron chi connectivity index (χ3n) is 6.20. The van der Waals surface area contributed by atoms with Gasteiger partial charge in [-0.2, -0.15) is 11.8 Å². The Morgan fingerprint density at radius 1 is 1.03 bits per heavy atom. The molecule has 214 valence electrons. The van der Waals surface area contributed by atoms with Gasteiger partial charge in [-0.15, -0.1) is 0 Å². The van der Waals surface area contributed by atoms with Gasteiger partial charge in [0.25, 0.3) is 5.91 Å². The van der Waals surface area contributed by atoms with Gasteiger partial charge < -0.3 is 25.4 Å². The number of thioether (sulfide) groups is 1. The molecular weight excluding hydrogens is 514 g/mol. The van der Waals surface area contributed by atoms with Crippen LogP contribution >= 0.6 is 11.8 Å². The number of hydrogen-bond acceptors (Lipinski definition) is 6. The fourth-order valence-corrected chi connectivity index (χ4v) is 4.78. The number of phenolic OH excluding ortho intramolecular Hbond substituents is 1. The first-order valence-corrected chi connectivity index (χ1v) is 14.6. The molecule has 0 aliphatic carbocycles. The highest BCUT2D eigenvalue weighted by Gasteiger charge is 2.37. The number of phenols is 1. The van der Waals surface area contributed by atoms with Crippen molar-refractivity contribution in [2.24, 2.45) is 0 Å². The molecule has 39 heavy (non-hydrogen) atoms. The van der Waals surface area contributed by atoms with Crippen molar-refractivity contribution in [3.63, 3.8) is 0 Å². The second kappa shape index (κ2) is 14.3. The first kappa shape index (κ1) is 32.0. The van der Waals surface area contributed by atoms with Gasteiger partial charge in [0, 0.05) is 17.8 Å². The summed E-state index contributed by atoms with van der Waals surface area (Å²) in [5, 5.41) is 16.8. The van der Waals surface area contributed by atoms with Crippen molar-refractivity contribution in [1.82, 2.24) is 10.2 Å². The number of alkyl carbamates (subject to hydrolysis) is 1. The topological polar surface area (TPSA) is 108 Å². The van der Waals surface area contributed by atoms with Crippen LogP contribution in [0, 0.1) is 20.8 Å². The second-order valence-electron chi connectivity index (χ2n) is 10.7. The molecule has 2 rings (SSSR count). The molecule has 0 fully saturated rings. The minimum atomic E-state index is -1.13. The van der Waals surface area contributed by atoms with Crippen LogP contribution in [0.3, 0.4) is 0 Å². The van der Waals surface area contributed by atoms with Crippen molar-refractivity contribution in [1.29, 1.82) is 0 Å². The highest BCUT2D eigenvalue weighted by atomic mass is 32.2. The van der Waals surface area contributed by atoms with Crippen LogP contribution in [0.15, 0.2) is 36.4 Å². The molecule has 2 atom stereocenters. The molecule has 0 aliphatic rings. The number of aryl methyl sites for hydroxylation is 3. The average Bonchev–Trinajstić information content (AvgIpc) is 2.84. The zero-order valence-corrected chi connectivity index (χ0v) is 25.2. The van der Waals surface area contributed by atoms with Gasteiger partial charge in [0.15, 0.2) is 0 Å². The Bertz CT molecular complexity index is 1140. The van der Waals surface area contributed by atoms with Gasteiger partial charge in [-0.1, -0.05) is 43.3 Å². The van der Waals surface area contributed by atoms with E-state index in [-0.39, 0.29) is 12.3 Å². The predicted octanol–water partition coefficient (Wildman–Crippen LogP) is 5.88. The lowest BCUT2D eigenvalue weighted by atomic mass is 9.98. The Kier molecular flexibility index (Phi) is 11.7. The number of ether oxygens (including phenoxy) is 1. The highest BCUT2D eigenvalue weighted by Crippen LogP contribution is 2.34. The van der Waals surface area contributed by atoms with E-state index in [4.69, 9.17) is 4.74 Å². The van der Waals surface area contributed by atoms with E-state index in [1.54, 1.807) is 57.7 Å². The van der Waals surface area contributed by atoms with E-state index in [1.807, 2.05) is 45.2 Å². The number of carbonyl (C=O) groups is 3. The molecule has 0 saturated heterocycles. The molecule has 8 nitrogen and oxygen atoms in total. The number of anilines is 1. The first-order chi connectivity index (χ1) is 18.3. The summed E-state index contributed by atoms with van der Waals surface area (Å²) in [6, 6.07) is 8.83. The van der Waals surface area contributed by atoms with Gasteiger partial charge in [-0.25, -0.2) is 4.79 Å². The lowest BCUT2D eigenvalue weighted by Gasteiger charge is -2.35. The minimum Gasteiger partial charge on any atom is -0.507 e. The zero-order valence-electron chi connectivity index (χ0n) is 24.4. The van der Waals surface area contributed by atoms with Crippen LogP contribution < -0.4 is 10.6 Å². The Hall–Kier alpha value is -3.20. The number of aromatic hydroxyl groups is 1. The molecule has 0 spiro atoms. The molecule has 9 heteroatoms. The van der Waals surface area contributed by atoms with E-state index in [2.05, 4.69) is 10.6 Å². The fraction of sp³-hybridized carbons (Fsp3) is 0.500. The summed E-state index contributed by atoms with van der Waals surface area (Å²) >= 11 is 1.55. The Morgan fingerprint density at radius 3 is 2.18 bits per heavy atom. The van der Waals surface area contributed by atoms with Crippen LogP contribution in [0.1, 0.15) is 68.8 Å². The number of para-hydroxylation sites is 2. The van der Waals surface area contributed by atoms with Crippen LogP contribution in [0.4, 0.5) is 10.5 Å². The molecule has 2 unspecified atom stereocenters. The van der Waals surface area contributed by atoms with Crippen LogP contribution in [0.5, 0.6) is 5.75 Å². The van der Waals surface area contributed by atoms with E-state index in [0.717, 1.165) is 11.1 Å². The predicted molar refractivity (Wildman–Crippen MR) is 158 cm³/mol. The maximum atomic E-state index is 14.1. The number of nitrogens with zero attached hydrogens (tertiary/aromatic N) is 1. The summed E-state index contributed by atoms with van der Waals surface area (Å²) in [6.07, 6.45) is 2.13. The number of carbonyl (C=O) groups excluding carboxylic acids is 3. The number of hydrogen-bond donors (Lipinski definition) is 3. The molecule has 0 aliphatic heterocycles. The summed E-state index contributed by atoms with van der Waals surface area (Å²) in [5.74, 6) is -0.301. The standard InChI is InChI=1S/C30H43N3O5S/c1-9-17-33(28(36)23(16-18-39-8)31-29(37)38-30(5,6)7)25(22-15-11-14-21(4)26(22)34)27(35)32-24-19(2)12-10-13-20(24)3/h10-15,23,25,34H,9,16-18H2,1-8H3,(H,31,37)(H,32,35). The number of nitrogens with one attached hydrogen (secondary N) is 2. The summed E-state index contributed by atoms with van der Waals surface area (Å²) in [7, 11) is 0. The SMILES string of the molecule is CCCN(C(=O)C(CCSC)NC(=O)OC(C)(C)C)C(C(=O)Nc1c(C)cccc1C)c1cccc(C)c1O. The Morgan fingerprint density at radius 2 is 1.62 bits per heavy atom. The summed E-state index contributed by atoms with van der Waals surface area (Å²) < 4.78 is 5.42. The number of amides is 3. The van der Waals surface area contributed by atoms with Crippen LogP contribution in [-0.4, -0.2) is 58.1 Å². The fourth-order valence-electron chi connectivity index (χ4n) is 4.31. The average molecular weight is 558 g/mol. The third kappa shape index (κ3) is 8.92. The van der Waals surface area contributed by atoms with Crippen molar-refractivity contribution in [3.8, 4) is 5.75 Å². The summed E-state index contributed by atoms with van der Waals surface area (Å²) in [4.78, 5) is 42.3. The normalized spacial score (nSPS) is 12.8. The summed E-state index contributed by atoms with van der Waals surface area (Å²) in [6.45, 7) is 13.0. The quantitative estimate of drug-likeness (QED) is 0.318. The van der Waals surface area contributed by atoms with E-state index < -0.39 is 35.6 Å². The van der Waals surface area contributed by atoms with Gasteiger partial charge in [0.1, 0.15) is 23.4 Å². The minimum absolute atomic E-state index is 0.0474. The summed E-state index contributed by atoms with van der Waals surface area (Å²) in [5.41, 5.74) is 2.60. The van der Waals surface area contributed by atoms with Crippen molar-refractivity contribution in [2.75, 3.05) is 23.9 Å². The first-order valence-electron chi connectivity index (χ1n) is 13.2. The van der Waals surface area contributed by atoms with Gasteiger partial charge in [-0.3, -0.25) is 9.59 Å². The van der Waals surface area contributed by atoms with Gasteiger partial charge in [-0.05, 0) is 83.1 Å². The van der Waals surface area contributed by atoms with Crippen molar-refractivity contribution < 1.29 is 24.2 Å². The molecule has 2 aromatic rings. The van der Waals surface area contributed by atoms with Gasteiger partial charge >= 0.3 is 6.09 Å². The molecular formula is C30H43N3O5S. The molecule has 0 bridgehead atoms. The second-order valence-corrected chi connectivity index (χ2v) is 11.7. The monoisotopic (exact) mass is 557 g/mol.